The maximum atomic E-state index is 9.64. The summed E-state index contributed by atoms with van der Waals surface area (Å²) in [5.74, 6) is 0.347. The summed E-state index contributed by atoms with van der Waals surface area (Å²) < 4.78 is 1.06. The topological polar surface area (TPSA) is 87.6 Å². The van der Waals surface area contributed by atoms with Crippen LogP contribution in [0.4, 0.5) is 0 Å². The minimum absolute atomic E-state index is 0.0168. The Morgan fingerprint density at radius 1 is 1.33 bits per heavy atom. The predicted octanol–water partition coefficient (Wildman–Crippen LogP) is -0.442. The second kappa shape index (κ2) is 4.83. The molecule has 0 unspecified atom stereocenters. The van der Waals surface area contributed by atoms with Gasteiger partial charge in [-0.2, -0.15) is 0 Å². The van der Waals surface area contributed by atoms with Crippen molar-refractivity contribution in [1.29, 1.82) is 0 Å². The molecule has 2 heterocycles. The third-order valence-corrected chi connectivity index (χ3v) is 4.01. The molecule has 6 nitrogen and oxygen atoms in total. The van der Waals surface area contributed by atoms with Crippen LogP contribution in [0.2, 0.25) is 0 Å². The van der Waals surface area contributed by atoms with Crippen molar-refractivity contribution >= 4 is 12.6 Å². The average molecular weight is 415 g/mol. The molecule has 2 N–H and O–H groups in total. The van der Waals surface area contributed by atoms with Gasteiger partial charge in [-0.1, -0.05) is 0 Å². The molecule has 0 spiro atoms. The Morgan fingerprint density at radius 2 is 2.20 bits per heavy atom. The van der Waals surface area contributed by atoms with Gasteiger partial charge in [-0.25, -0.2) is 0 Å². The Morgan fingerprint density at radius 3 is 2.87 bits per heavy atom. The molecular weight excluding hydrogens is 408 g/mol. The van der Waals surface area contributed by atoms with Crippen LogP contribution in [0.3, 0.4) is 0 Å². The molecule has 0 aliphatic carbocycles. The monoisotopic (exact) mass is 415 g/mol. The van der Waals surface area contributed by atoms with E-state index in [1.54, 1.807) is 0 Å². The van der Waals surface area contributed by atoms with Crippen molar-refractivity contribution in [3.8, 4) is 0 Å². The molecule has 2 rings (SSSR count). The first-order valence-electron chi connectivity index (χ1n) is 4.31. The Hall–Kier alpha value is -0.772. The Bertz CT molecular complexity index is 482. The first-order valence-corrected chi connectivity index (χ1v) is 8.42. The SMILES string of the molecule is O/C(=C\c1c[c]([RaH])ncn1)c1ncn[nH]1. The zero-order valence-corrected chi connectivity index (χ0v) is 16.3. The molecule has 0 saturated carbocycles. The van der Waals surface area contributed by atoms with Crippen LogP contribution < -0.4 is 0.735 Å². The van der Waals surface area contributed by atoms with Gasteiger partial charge >= 0.3 is 116 Å². The van der Waals surface area contributed by atoms with E-state index in [4.69, 9.17) is 0 Å². The predicted molar refractivity (Wildman–Crippen MR) is 49.9 cm³/mol. The van der Waals surface area contributed by atoms with Gasteiger partial charge in [0.25, 0.3) is 0 Å². The fourth-order valence-electron chi connectivity index (χ4n) is 1.09. The number of hydrogen-bond acceptors (Lipinski definition) is 5. The second-order valence-corrected chi connectivity index (χ2v) is 7.16. The van der Waals surface area contributed by atoms with Crippen LogP contribution in [-0.4, -0.2) is 30.3 Å². The minimum atomic E-state index is 0.0168. The van der Waals surface area contributed by atoms with Gasteiger partial charge in [0.05, 0.1) is 0 Å². The van der Waals surface area contributed by atoms with E-state index in [2.05, 4.69) is 25.1 Å². The summed E-state index contributed by atoms with van der Waals surface area (Å²) in [5, 5.41) is 15.8. The zero-order valence-electron chi connectivity index (χ0n) is 8.05. The second-order valence-electron chi connectivity index (χ2n) is 2.95. The number of aromatic amines is 1. The molecule has 72 valence electrons. The van der Waals surface area contributed by atoms with Crippen molar-refractivity contribution in [3.63, 3.8) is 0 Å². The molecule has 2 aromatic heterocycles. The first-order chi connectivity index (χ1) is 7.25. The van der Waals surface area contributed by atoms with Gasteiger partial charge in [-0.15, -0.1) is 0 Å². The van der Waals surface area contributed by atoms with Crippen LogP contribution in [0.25, 0.3) is 11.8 Å². The molecule has 0 aromatic carbocycles. The molecule has 0 amide bonds. The van der Waals surface area contributed by atoms with Crippen LogP contribution in [0.15, 0.2) is 18.7 Å². The molecule has 0 fully saturated rings. The molecule has 2 aromatic rings. The van der Waals surface area contributed by atoms with Gasteiger partial charge in [-0.3, -0.25) is 0 Å². The van der Waals surface area contributed by atoms with E-state index in [0.29, 0.717) is 11.5 Å². The van der Waals surface area contributed by atoms with Gasteiger partial charge in [0.15, 0.2) is 0 Å². The van der Waals surface area contributed by atoms with E-state index in [9.17, 15) is 5.11 Å². The molecule has 0 atom stereocenters. The van der Waals surface area contributed by atoms with Crippen molar-refractivity contribution in [2.24, 2.45) is 0 Å². The normalized spacial score (nSPS) is 11.5. The number of rotatable bonds is 2. The summed E-state index contributed by atoms with van der Waals surface area (Å²) in [6.45, 7) is 0. The quantitative estimate of drug-likeness (QED) is 0.650. The zero-order chi connectivity index (χ0) is 10.7. The Kier molecular flexibility index (Phi) is 3.46. The third kappa shape index (κ3) is 2.84. The standard InChI is InChI=1S/C8H6N5O.Ra.H/c14-7(8-11-5-12-13-8)3-6-1-2-9-4-10-6;;/h1,3-5,14H,(H,11,12,13);;/b7-3-;;. The first kappa shape index (κ1) is 10.7. The number of aromatic nitrogens is 5. The fourth-order valence-corrected chi connectivity index (χ4v) is 2.78. The van der Waals surface area contributed by atoms with Crippen LogP contribution in [0.1, 0.15) is 11.5 Å². The van der Waals surface area contributed by atoms with Gasteiger partial charge in [0, 0.05) is 0 Å². The maximum absolute atomic E-state index is 9.64. The third-order valence-electron chi connectivity index (χ3n) is 1.77. The summed E-state index contributed by atoms with van der Waals surface area (Å²) >= 11 is 0.197. The number of aliphatic hydroxyl groups is 1. The Balaban J connectivity index is 2.31. The molecule has 0 aliphatic rings. The fraction of sp³-hybridized carbons (Fsp3) is 0. The van der Waals surface area contributed by atoms with E-state index in [1.165, 1.54) is 18.7 Å². The molecule has 0 aliphatic heterocycles. The van der Waals surface area contributed by atoms with E-state index < -0.39 is 0 Å². The van der Waals surface area contributed by atoms with Crippen LogP contribution >= 0.6 is 0 Å². The summed E-state index contributed by atoms with van der Waals surface area (Å²) in [4.78, 5) is 11.9. The van der Waals surface area contributed by atoms with Crippen molar-refractivity contribution in [3.05, 3.63) is 30.2 Å². The molecular formula is C8H7N5ORa. The van der Waals surface area contributed by atoms with E-state index in [1.807, 2.05) is 6.07 Å². The van der Waals surface area contributed by atoms with Crippen LogP contribution in [0.5, 0.6) is 0 Å². The summed E-state index contributed by atoms with van der Waals surface area (Å²) in [6.07, 6.45) is 4.36. The van der Waals surface area contributed by atoms with Gasteiger partial charge < -0.3 is 0 Å². The average Bonchev–Trinajstić information content (AvgIpc) is 2.70. The van der Waals surface area contributed by atoms with E-state index in [0.717, 1.165) is 0.735 Å². The summed E-state index contributed by atoms with van der Waals surface area (Å²) in [7, 11) is 0. The molecule has 15 heavy (non-hydrogen) atoms. The number of nitrogens with one attached hydrogen (secondary N) is 1. The molecule has 0 radical (unpaired) electrons. The summed E-state index contributed by atoms with van der Waals surface area (Å²) in [5.41, 5.74) is 0.679. The van der Waals surface area contributed by atoms with Gasteiger partial charge in [0.2, 0.25) is 0 Å². The van der Waals surface area contributed by atoms with Crippen molar-refractivity contribution < 1.29 is 47.9 Å². The van der Waals surface area contributed by atoms with E-state index >= 15 is 0 Å². The Labute approximate surface area is 115 Å². The molecule has 0 bridgehead atoms. The van der Waals surface area contributed by atoms with Gasteiger partial charge in [0.1, 0.15) is 0 Å². The molecule has 7 heteroatoms. The van der Waals surface area contributed by atoms with E-state index in [-0.39, 0.29) is 48.6 Å². The van der Waals surface area contributed by atoms with Crippen molar-refractivity contribution in [2.45, 2.75) is 0 Å². The number of aliphatic hydroxyl groups excluding tert-OH is 1. The van der Waals surface area contributed by atoms with Crippen LogP contribution in [0, 0.1) is 42.8 Å². The van der Waals surface area contributed by atoms with Gasteiger partial charge in [-0.05, 0) is 0 Å². The summed E-state index contributed by atoms with van der Waals surface area (Å²) in [6, 6.07) is 1.86. The van der Waals surface area contributed by atoms with Crippen molar-refractivity contribution in [1.82, 2.24) is 25.1 Å². The number of H-pyrrole nitrogens is 1. The number of hydrogen-bond donors (Lipinski definition) is 2. The van der Waals surface area contributed by atoms with Crippen LogP contribution in [-0.2, 0) is 0 Å². The van der Waals surface area contributed by atoms with Crippen molar-refractivity contribution in [2.75, 3.05) is 0 Å². The molecule has 0 saturated heterocycles. The number of nitrogens with zero attached hydrogens (tertiary/aromatic N) is 4.